The first kappa shape index (κ1) is 14.4. The van der Waals surface area contributed by atoms with Gasteiger partial charge in [-0.3, -0.25) is 10.1 Å². The molecule has 2 aliphatic rings. The molecule has 2 unspecified atom stereocenters. The van der Waals surface area contributed by atoms with Gasteiger partial charge in [0.25, 0.3) is 0 Å². The molecule has 21 heavy (non-hydrogen) atoms. The molecule has 114 valence electrons. The third kappa shape index (κ3) is 2.79. The molecule has 0 bridgehead atoms. The zero-order chi connectivity index (χ0) is 15.1. The number of carbonyl (C=O) groups is 1. The van der Waals surface area contributed by atoms with Gasteiger partial charge < -0.3 is 4.90 Å². The van der Waals surface area contributed by atoms with E-state index in [1.54, 1.807) is 4.90 Å². The number of nitrogens with one attached hydrogen (secondary N) is 1. The second-order valence-electron chi connectivity index (χ2n) is 6.39. The summed E-state index contributed by atoms with van der Waals surface area (Å²) < 4.78 is 27.1. The highest BCUT2D eigenvalue weighted by Crippen LogP contribution is 2.38. The van der Waals surface area contributed by atoms with Crippen LogP contribution >= 0.6 is 0 Å². The Morgan fingerprint density at radius 2 is 2.05 bits per heavy atom. The van der Waals surface area contributed by atoms with Crippen LogP contribution in [-0.2, 0) is 4.79 Å². The molecule has 3 rings (SSSR count). The van der Waals surface area contributed by atoms with Crippen LogP contribution in [0.2, 0.25) is 0 Å². The summed E-state index contributed by atoms with van der Waals surface area (Å²) in [5, 5.41) is 3.23. The fourth-order valence-electron chi connectivity index (χ4n) is 3.00. The lowest BCUT2D eigenvalue weighted by atomic mass is 10.0. The Morgan fingerprint density at radius 1 is 1.33 bits per heavy atom. The number of amides is 1. The van der Waals surface area contributed by atoms with E-state index in [9.17, 15) is 13.6 Å². The molecule has 1 N–H and O–H groups in total. The van der Waals surface area contributed by atoms with E-state index in [2.05, 4.69) is 19.2 Å². The highest BCUT2D eigenvalue weighted by atomic mass is 19.1. The van der Waals surface area contributed by atoms with Gasteiger partial charge in [-0.05, 0) is 37.3 Å². The number of hydrogen-bond donors (Lipinski definition) is 1. The van der Waals surface area contributed by atoms with Crippen molar-refractivity contribution in [1.29, 1.82) is 0 Å². The second kappa shape index (κ2) is 5.37. The predicted molar refractivity (Wildman–Crippen MR) is 75.3 cm³/mol. The molecule has 1 saturated carbocycles. The van der Waals surface area contributed by atoms with Crippen molar-refractivity contribution in [2.75, 3.05) is 0 Å². The molecule has 1 heterocycles. The molecule has 3 nitrogen and oxygen atoms in total. The van der Waals surface area contributed by atoms with Crippen molar-refractivity contribution in [1.82, 2.24) is 10.2 Å². The molecular weight excluding hydrogens is 274 g/mol. The molecule has 0 spiro atoms. The Balaban J connectivity index is 1.90. The van der Waals surface area contributed by atoms with Crippen LogP contribution in [0.15, 0.2) is 18.2 Å². The summed E-state index contributed by atoms with van der Waals surface area (Å²) in [7, 11) is 0. The number of benzene rings is 1. The van der Waals surface area contributed by atoms with E-state index in [0.717, 1.165) is 25.3 Å². The van der Waals surface area contributed by atoms with Gasteiger partial charge in [0.1, 0.15) is 17.8 Å². The number of rotatable bonds is 4. The normalized spacial score (nSPS) is 26.0. The summed E-state index contributed by atoms with van der Waals surface area (Å²) >= 11 is 0. The van der Waals surface area contributed by atoms with Crippen LogP contribution in [0.3, 0.4) is 0 Å². The first-order chi connectivity index (χ1) is 9.97. The fraction of sp³-hybridized carbons (Fsp3) is 0.562. The van der Waals surface area contributed by atoms with Crippen molar-refractivity contribution in [2.24, 2.45) is 5.92 Å². The highest BCUT2D eigenvalue weighted by molar-refractivity contribution is 5.85. The van der Waals surface area contributed by atoms with Gasteiger partial charge >= 0.3 is 0 Å². The lowest BCUT2D eigenvalue weighted by Crippen LogP contribution is -2.33. The van der Waals surface area contributed by atoms with Crippen LogP contribution in [0.4, 0.5) is 8.78 Å². The van der Waals surface area contributed by atoms with Crippen molar-refractivity contribution in [2.45, 2.75) is 51.4 Å². The lowest BCUT2D eigenvalue weighted by Gasteiger charge is -2.24. The molecule has 0 aromatic heterocycles. The lowest BCUT2D eigenvalue weighted by molar-refractivity contribution is -0.130. The molecule has 1 saturated heterocycles. The quantitative estimate of drug-likeness (QED) is 0.926. The predicted octanol–water partition coefficient (Wildman–Crippen LogP) is 2.97. The average molecular weight is 294 g/mol. The van der Waals surface area contributed by atoms with Crippen molar-refractivity contribution in [3.8, 4) is 0 Å². The summed E-state index contributed by atoms with van der Waals surface area (Å²) in [4.78, 5) is 14.3. The fourth-order valence-corrected chi connectivity index (χ4v) is 3.00. The van der Waals surface area contributed by atoms with E-state index < -0.39 is 17.8 Å². The molecule has 1 aliphatic carbocycles. The standard InChI is InChI=1S/C16H20F2N2O/c1-9(2)7-14-16(21)20(11-4-5-11)15(19-14)12-6-3-10(17)8-13(12)18/h3,6,8-9,11,14-15,19H,4-5,7H2,1-2H3. The van der Waals surface area contributed by atoms with E-state index in [4.69, 9.17) is 0 Å². The minimum Gasteiger partial charge on any atom is -0.318 e. The van der Waals surface area contributed by atoms with Crippen LogP contribution in [0, 0.1) is 17.6 Å². The number of hydrogen-bond acceptors (Lipinski definition) is 2. The molecule has 0 radical (unpaired) electrons. The van der Waals surface area contributed by atoms with Crippen LogP contribution in [-0.4, -0.2) is 22.9 Å². The molecule has 1 aromatic carbocycles. The van der Waals surface area contributed by atoms with Gasteiger partial charge in [0.15, 0.2) is 0 Å². The zero-order valence-electron chi connectivity index (χ0n) is 12.3. The second-order valence-corrected chi connectivity index (χ2v) is 6.39. The molecule has 2 fully saturated rings. The van der Waals surface area contributed by atoms with Crippen molar-refractivity contribution in [3.05, 3.63) is 35.4 Å². The number of carbonyl (C=O) groups excluding carboxylic acids is 1. The first-order valence-corrected chi connectivity index (χ1v) is 7.50. The Hall–Kier alpha value is -1.49. The van der Waals surface area contributed by atoms with Gasteiger partial charge in [-0.2, -0.15) is 0 Å². The van der Waals surface area contributed by atoms with Gasteiger partial charge in [0.2, 0.25) is 5.91 Å². The van der Waals surface area contributed by atoms with Gasteiger partial charge in [0, 0.05) is 17.7 Å². The SMILES string of the molecule is CC(C)CC1NC(c2ccc(F)cc2F)N(C2CC2)C1=O. The van der Waals surface area contributed by atoms with Gasteiger partial charge in [-0.15, -0.1) is 0 Å². The monoisotopic (exact) mass is 294 g/mol. The highest BCUT2D eigenvalue weighted by Gasteiger charge is 2.47. The number of nitrogens with zero attached hydrogens (tertiary/aromatic N) is 1. The molecule has 2 atom stereocenters. The van der Waals surface area contributed by atoms with Gasteiger partial charge in [0.05, 0.1) is 6.04 Å². The maximum absolute atomic E-state index is 14.1. The Labute approximate surface area is 123 Å². The van der Waals surface area contributed by atoms with Crippen molar-refractivity contribution >= 4 is 5.91 Å². The first-order valence-electron chi connectivity index (χ1n) is 7.50. The summed E-state index contributed by atoms with van der Waals surface area (Å²) in [5.74, 6) is -0.780. The van der Waals surface area contributed by atoms with Gasteiger partial charge in [-0.1, -0.05) is 13.8 Å². The topological polar surface area (TPSA) is 32.3 Å². The van der Waals surface area contributed by atoms with Crippen LogP contribution in [0.1, 0.15) is 44.8 Å². The smallest absolute Gasteiger partial charge is 0.241 e. The summed E-state index contributed by atoms with van der Waals surface area (Å²) in [6, 6.07) is 3.47. The third-order valence-electron chi connectivity index (χ3n) is 4.09. The van der Waals surface area contributed by atoms with E-state index in [1.165, 1.54) is 12.1 Å². The van der Waals surface area contributed by atoms with Crippen molar-refractivity contribution in [3.63, 3.8) is 0 Å². The van der Waals surface area contributed by atoms with E-state index in [1.807, 2.05) is 0 Å². The van der Waals surface area contributed by atoms with Crippen LogP contribution < -0.4 is 5.32 Å². The Kier molecular flexibility index (Phi) is 3.69. The summed E-state index contributed by atoms with van der Waals surface area (Å²) in [5.41, 5.74) is 0.350. The molecule has 1 amide bonds. The summed E-state index contributed by atoms with van der Waals surface area (Å²) in [6.07, 6.45) is 2.17. The average Bonchev–Trinajstić information content (AvgIpc) is 3.16. The maximum atomic E-state index is 14.1. The Bertz CT molecular complexity index is 557. The Morgan fingerprint density at radius 3 is 2.62 bits per heavy atom. The molecule has 1 aromatic rings. The van der Waals surface area contributed by atoms with Crippen molar-refractivity contribution < 1.29 is 13.6 Å². The van der Waals surface area contributed by atoms with E-state index >= 15 is 0 Å². The van der Waals surface area contributed by atoms with Gasteiger partial charge in [-0.25, -0.2) is 8.78 Å². The molecular formula is C16H20F2N2O. The maximum Gasteiger partial charge on any atom is 0.241 e. The third-order valence-corrected chi connectivity index (χ3v) is 4.09. The van der Waals surface area contributed by atoms with Crippen LogP contribution in [0.5, 0.6) is 0 Å². The molecule has 1 aliphatic heterocycles. The molecule has 5 heteroatoms. The van der Waals surface area contributed by atoms with E-state index in [0.29, 0.717) is 11.5 Å². The largest absolute Gasteiger partial charge is 0.318 e. The zero-order valence-corrected chi connectivity index (χ0v) is 12.3. The van der Waals surface area contributed by atoms with E-state index in [-0.39, 0.29) is 18.0 Å². The summed E-state index contributed by atoms with van der Waals surface area (Å²) in [6.45, 7) is 4.12. The number of halogens is 2. The minimum absolute atomic E-state index is 0.0416. The van der Waals surface area contributed by atoms with Crippen LogP contribution in [0.25, 0.3) is 0 Å². The minimum atomic E-state index is -0.601.